The van der Waals surface area contributed by atoms with Crippen molar-refractivity contribution in [1.82, 2.24) is 0 Å². The van der Waals surface area contributed by atoms with Gasteiger partial charge in [0.25, 0.3) is 0 Å². The maximum absolute atomic E-state index is 11.6. The topological polar surface area (TPSA) is 17.1 Å². The summed E-state index contributed by atoms with van der Waals surface area (Å²) in [4.78, 5) is 11.6. The van der Waals surface area contributed by atoms with Gasteiger partial charge < -0.3 is 0 Å². The van der Waals surface area contributed by atoms with Crippen LogP contribution in [0.25, 0.3) is 5.57 Å². The van der Waals surface area contributed by atoms with E-state index in [2.05, 4.69) is 54.1 Å². The van der Waals surface area contributed by atoms with Gasteiger partial charge in [0.1, 0.15) is 5.78 Å². The van der Waals surface area contributed by atoms with E-state index in [-0.39, 0.29) is 5.41 Å². The van der Waals surface area contributed by atoms with Gasteiger partial charge in [0.05, 0.1) is 0 Å². The lowest BCUT2D eigenvalue weighted by molar-refractivity contribution is -0.122. The first-order valence-electron chi connectivity index (χ1n) is 6.54. The molecule has 0 amide bonds. The molecule has 94 valence electrons. The second-order valence-electron chi connectivity index (χ2n) is 5.70. The number of fused-ring (bicyclic) bond motifs is 2. The summed E-state index contributed by atoms with van der Waals surface area (Å²) in [6, 6.07) is 6.55. The molecule has 1 saturated carbocycles. The van der Waals surface area contributed by atoms with Gasteiger partial charge in [-0.2, -0.15) is 0 Å². The van der Waals surface area contributed by atoms with Crippen LogP contribution in [0.1, 0.15) is 44.2 Å². The Morgan fingerprint density at radius 1 is 1.39 bits per heavy atom. The molecule has 18 heavy (non-hydrogen) atoms. The van der Waals surface area contributed by atoms with Crippen molar-refractivity contribution >= 4 is 27.3 Å². The fraction of sp³-hybridized carbons (Fsp3) is 0.438. The Morgan fingerprint density at radius 2 is 2.17 bits per heavy atom. The van der Waals surface area contributed by atoms with Crippen molar-refractivity contribution in [1.29, 1.82) is 0 Å². The first-order valence-corrected chi connectivity index (χ1v) is 7.34. The summed E-state index contributed by atoms with van der Waals surface area (Å²) in [5.41, 5.74) is 4.23. The predicted molar refractivity (Wildman–Crippen MR) is 77.5 cm³/mol. The van der Waals surface area contributed by atoms with Gasteiger partial charge in [-0.25, -0.2) is 0 Å². The van der Waals surface area contributed by atoms with Crippen molar-refractivity contribution in [3.63, 3.8) is 0 Å². The van der Waals surface area contributed by atoms with Crippen molar-refractivity contribution in [2.45, 2.75) is 38.5 Å². The molecule has 0 aliphatic heterocycles. The molecule has 2 aliphatic carbocycles. The number of hydrogen-bond acceptors (Lipinski definition) is 1. The summed E-state index contributed by atoms with van der Waals surface area (Å²) in [5, 5.41) is 0. The van der Waals surface area contributed by atoms with Crippen LogP contribution in [-0.4, -0.2) is 5.78 Å². The minimum Gasteiger partial charge on any atom is -0.300 e. The number of hydrogen-bond donors (Lipinski definition) is 0. The molecule has 1 fully saturated rings. The lowest BCUT2D eigenvalue weighted by Gasteiger charge is -2.39. The van der Waals surface area contributed by atoms with Crippen LogP contribution in [0.5, 0.6) is 0 Å². The van der Waals surface area contributed by atoms with Gasteiger partial charge in [0.15, 0.2) is 0 Å². The molecule has 1 aromatic carbocycles. The first-order chi connectivity index (χ1) is 8.53. The summed E-state index contributed by atoms with van der Waals surface area (Å²) in [5.74, 6) is 0.826. The van der Waals surface area contributed by atoms with E-state index in [0.717, 1.165) is 23.7 Å². The zero-order chi connectivity index (χ0) is 12.9. The number of carbonyl (C=O) groups excluding carboxylic acids is 1. The van der Waals surface area contributed by atoms with Crippen LogP contribution in [-0.2, 0) is 10.2 Å². The van der Waals surface area contributed by atoms with E-state index in [1.807, 2.05) is 0 Å². The van der Waals surface area contributed by atoms with Gasteiger partial charge in [-0.05, 0) is 48.1 Å². The molecule has 1 spiro atoms. The minimum absolute atomic E-state index is 0.0944. The molecule has 0 saturated heterocycles. The Kier molecular flexibility index (Phi) is 2.74. The SMILES string of the molecule is CC1=CC2(CCC(=O)CC2C)c2cc(Br)ccc21. The Hall–Kier alpha value is -0.890. The van der Waals surface area contributed by atoms with Crippen molar-refractivity contribution in [3.8, 4) is 0 Å². The van der Waals surface area contributed by atoms with E-state index < -0.39 is 0 Å². The van der Waals surface area contributed by atoms with Gasteiger partial charge in [-0.3, -0.25) is 4.79 Å². The molecule has 0 bridgehead atoms. The summed E-state index contributed by atoms with van der Waals surface area (Å²) >= 11 is 3.58. The first kappa shape index (κ1) is 12.2. The maximum atomic E-state index is 11.6. The van der Waals surface area contributed by atoms with Gasteiger partial charge in [-0.15, -0.1) is 0 Å². The lowest BCUT2D eigenvalue weighted by atomic mass is 9.64. The number of carbonyl (C=O) groups is 1. The third-order valence-electron chi connectivity index (χ3n) is 4.61. The van der Waals surface area contributed by atoms with E-state index >= 15 is 0 Å². The van der Waals surface area contributed by atoms with Crippen molar-refractivity contribution in [2.24, 2.45) is 5.92 Å². The molecule has 0 aromatic heterocycles. The number of benzene rings is 1. The van der Waals surface area contributed by atoms with E-state index in [9.17, 15) is 4.79 Å². The highest BCUT2D eigenvalue weighted by atomic mass is 79.9. The number of allylic oxidation sites excluding steroid dienone is 2. The quantitative estimate of drug-likeness (QED) is 0.690. The molecule has 2 heteroatoms. The molecule has 0 heterocycles. The second-order valence-corrected chi connectivity index (χ2v) is 6.62. The van der Waals surface area contributed by atoms with E-state index in [1.54, 1.807) is 0 Å². The Labute approximate surface area is 116 Å². The van der Waals surface area contributed by atoms with Gasteiger partial charge in [0, 0.05) is 22.7 Å². The highest BCUT2D eigenvalue weighted by Gasteiger charge is 2.44. The third kappa shape index (κ3) is 1.62. The highest BCUT2D eigenvalue weighted by Crippen LogP contribution is 2.51. The third-order valence-corrected chi connectivity index (χ3v) is 5.11. The molecular weight excluding hydrogens is 288 g/mol. The van der Waals surface area contributed by atoms with Crippen LogP contribution < -0.4 is 0 Å². The summed E-state index contributed by atoms with van der Waals surface area (Å²) in [7, 11) is 0. The monoisotopic (exact) mass is 304 g/mol. The Balaban J connectivity index is 2.15. The lowest BCUT2D eigenvalue weighted by Crippen LogP contribution is -2.36. The van der Waals surface area contributed by atoms with E-state index in [1.165, 1.54) is 16.7 Å². The summed E-state index contributed by atoms with van der Waals surface area (Å²) in [6.45, 7) is 4.40. The smallest absolute Gasteiger partial charge is 0.133 e. The Bertz CT molecular complexity index is 558. The largest absolute Gasteiger partial charge is 0.300 e. The molecule has 2 aliphatic rings. The highest BCUT2D eigenvalue weighted by molar-refractivity contribution is 9.10. The predicted octanol–water partition coefficient (Wildman–Crippen LogP) is 4.49. The molecule has 1 aromatic rings. The van der Waals surface area contributed by atoms with Gasteiger partial charge in [-0.1, -0.05) is 35.0 Å². The number of Topliss-reactive ketones (excluding diaryl/α,β-unsaturated/α-hetero) is 1. The van der Waals surface area contributed by atoms with Crippen molar-refractivity contribution in [2.75, 3.05) is 0 Å². The molecule has 2 unspecified atom stereocenters. The van der Waals surface area contributed by atoms with Crippen LogP contribution in [0.2, 0.25) is 0 Å². The van der Waals surface area contributed by atoms with Crippen molar-refractivity contribution in [3.05, 3.63) is 39.9 Å². The number of halogens is 1. The fourth-order valence-electron chi connectivity index (χ4n) is 3.62. The van der Waals surface area contributed by atoms with Crippen LogP contribution in [0.3, 0.4) is 0 Å². The molecular formula is C16H17BrO. The van der Waals surface area contributed by atoms with Crippen LogP contribution >= 0.6 is 15.9 Å². The summed E-state index contributed by atoms with van der Waals surface area (Å²) < 4.78 is 1.13. The van der Waals surface area contributed by atoms with Gasteiger partial charge >= 0.3 is 0 Å². The standard InChI is InChI=1S/C16H17BrO/c1-10-9-16(6-5-13(18)7-11(16)2)15-8-12(17)3-4-14(10)15/h3-4,8-9,11H,5-7H2,1-2H3. The molecule has 2 atom stereocenters. The molecule has 1 nitrogen and oxygen atoms in total. The summed E-state index contributed by atoms with van der Waals surface area (Å²) in [6.07, 6.45) is 4.81. The molecule has 3 rings (SSSR count). The average molecular weight is 305 g/mol. The van der Waals surface area contributed by atoms with Crippen LogP contribution in [0, 0.1) is 5.92 Å². The van der Waals surface area contributed by atoms with E-state index in [0.29, 0.717) is 11.7 Å². The molecule has 0 radical (unpaired) electrons. The number of ketones is 1. The minimum atomic E-state index is 0.0944. The second kappa shape index (κ2) is 4.06. The average Bonchev–Trinajstić information content (AvgIpc) is 2.59. The maximum Gasteiger partial charge on any atom is 0.133 e. The van der Waals surface area contributed by atoms with Crippen LogP contribution in [0.4, 0.5) is 0 Å². The molecule has 0 N–H and O–H groups in total. The van der Waals surface area contributed by atoms with Crippen molar-refractivity contribution < 1.29 is 4.79 Å². The van der Waals surface area contributed by atoms with Crippen LogP contribution in [0.15, 0.2) is 28.7 Å². The normalized spacial score (nSPS) is 30.5. The van der Waals surface area contributed by atoms with Gasteiger partial charge in [0.2, 0.25) is 0 Å². The fourth-order valence-corrected chi connectivity index (χ4v) is 3.98. The zero-order valence-electron chi connectivity index (χ0n) is 10.8. The Morgan fingerprint density at radius 3 is 2.89 bits per heavy atom. The zero-order valence-corrected chi connectivity index (χ0v) is 12.4. The number of rotatable bonds is 0. The van der Waals surface area contributed by atoms with E-state index in [4.69, 9.17) is 0 Å².